The molecule has 1 aromatic rings. The van der Waals surface area contributed by atoms with Crippen LogP contribution in [0, 0.1) is 5.82 Å². The molecule has 1 unspecified atom stereocenters. The van der Waals surface area contributed by atoms with Gasteiger partial charge in [0.25, 0.3) is 0 Å². The molecule has 1 aromatic carbocycles. The van der Waals surface area contributed by atoms with Gasteiger partial charge in [-0.3, -0.25) is 4.79 Å². The maximum absolute atomic E-state index is 12.7. The molecule has 0 bridgehead atoms. The standard InChI is InChI=1S/C14H21FN2O2.ClH/c1-17(14(18)9-13(10-16)19-2)8-7-11-3-5-12(15)6-4-11;/h3-6,13H,7-10,16H2,1-2H3;1H. The molecule has 0 saturated heterocycles. The number of likely N-dealkylation sites (N-methyl/N-ethyl adjacent to an activating group) is 1. The first-order valence-electron chi connectivity index (χ1n) is 6.28. The molecule has 0 fully saturated rings. The van der Waals surface area contributed by atoms with Crippen molar-refractivity contribution in [1.29, 1.82) is 0 Å². The molecule has 0 heterocycles. The Morgan fingerprint density at radius 2 is 2.00 bits per heavy atom. The van der Waals surface area contributed by atoms with Crippen molar-refractivity contribution >= 4 is 18.3 Å². The first-order chi connectivity index (χ1) is 9.06. The Labute approximate surface area is 125 Å². The van der Waals surface area contributed by atoms with Gasteiger partial charge in [-0.2, -0.15) is 0 Å². The van der Waals surface area contributed by atoms with Crippen molar-refractivity contribution in [3.05, 3.63) is 35.6 Å². The third kappa shape index (κ3) is 6.32. The third-order valence-corrected chi connectivity index (χ3v) is 3.07. The van der Waals surface area contributed by atoms with E-state index in [1.54, 1.807) is 31.2 Å². The number of rotatable bonds is 7. The zero-order valence-corrected chi connectivity index (χ0v) is 12.7. The van der Waals surface area contributed by atoms with Crippen LogP contribution in [0.1, 0.15) is 12.0 Å². The lowest BCUT2D eigenvalue weighted by molar-refractivity contribution is -0.132. The fraction of sp³-hybridized carbons (Fsp3) is 0.500. The van der Waals surface area contributed by atoms with Crippen molar-refractivity contribution in [3.8, 4) is 0 Å². The van der Waals surface area contributed by atoms with Crippen molar-refractivity contribution < 1.29 is 13.9 Å². The molecule has 20 heavy (non-hydrogen) atoms. The summed E-state index contributed by atoms with van der Waals surface area (Å²) < 4.78 is 17.8. The van der Waals surface area contributed by atoms with E-state index in [1.165, 1.54) is 12.1 Å². The maximum Gasteiger partial charge on any atom is 0.224 e. The van der Waals surface area contributed by atoms with Crippen LogP contribution < -0.4 is 5.73 Å². The molecule has 2 N–H and O–H groups in total. The fourth-order valence-electron chi connectivity index (χ4n) is 1.69. The highest BCUT2D eigenvalue weighted by Crippen LogP contribution is 2.05. The van der Waals surface area contributed by atoms with Crippen molar-refractivity contribution in [2.45, 2.75) is 18.9 Å². The van der Waals surface area contributed by atoms with E-state index in [0.717, 1.165) is 5.56 Å². The molecule has 114 valence electrons. The van der Waals surface area contributed by atoms with Crippen LogP contribution in [0.5, 0.6) is 0 Å². The number of hydrogen-bond donors (Lipinski definition) is 1. The molecule has 1 rings (SSSR count). The number of halogens is 2. The largest absolute Gasteiger partial charge is 0.380 e. The van der Waals surface area contributed by atoms with Crippen molar-refractivity contribution in [2.24, 2.45) is 5.73 Å². The average molecular weight is 305 g/mol. The van der Waals surface area contributed by atoms with Crippen molar-refractivity contribution in [2.75, 3.05) is 27.2 Å². The molecule has 6 heteroatoms. The highest BCUT2D eigenvalue weighted by Gasteiger charge is 2.15. The van der Waals surface area contributed by atoms with E-state index in [0.29, 0.717) is 19.5 Å². The monoisotopic (exact) mass is 304 g/mol. The predicted octanol–water partition coefficient (Wildman–Crippen LogP) is 1.61. The number of methoxy groups -OCH3 is 1. The minimum absolute atomic E-state index is 0. The summed E-state index contributed by atoms with van der Waals surface area (Å²) in [5.41, 5.74) is 6.48. The number of benzene rings is 1. The Bertz CT molecular complexity index is 397. The van der Waals surface area contributed by atoms with E-state index in [2.05, 4.69) is 0 Å². The smallest absolute Gasteiger partial charge is 0.224 e. The van der Waals surface area contributed by atoms with Crippen LogP contribution in [-0.4, -0.2) is 44.2 Å². The van der Waals surface area contributed by atoms with Gasteiger partial charge >= 0.3 is 0 Å². The van der Waals surface area contributed by atoms with E-state index < -0.39 is 0 Å². The number of ether oxygens (including phenoxy) is 1. The average Bonchev–Trinajstić information content (AvgIpc) is 2.43. The van der Waals surface area contributed by atoms with Crippen LogP contribution >= 0.6 is 12.4 Å². The zero-order valence-electron chi connectivity index (χ0n) is 11.8. The minimum Gasteiger partial charge on any atom is -0.380 e. The van der Waals surface area contributed by atoms with Gasteiger partial charge in [-0.05, 0) is 24.1 Å². The molecule has 0 saturated carbocycles. The number of carbonyl (C=O) groups is 1. The number of carbonyl (C=O) groups excluding carboxylic acids is 1. The number of nitrogens with two attached hydrogens (primary N) is 1. The number of amides is 1. The van der Waals surface area contributed by atoms with Gasteiger partial charge in [0.15, 0.2) is 0 Å². The second-order valence-electron chi connectivity index (χ2n) is 4.49. The van der Waals surface area contributed by atoms with Crippen LogP contribution in [-0.2, 0) is 16.0 Å². The zero-order chi connectivity index (χ0) is 14.3. The Hall–Kier alpha value is -1.17. The lowest BCUT2D eigenvalue weighted by Gasteiger charge is -2.20. The SMILES string of the molecule is COC(CN)CC(=O)N(C)CCc1ccc(F)cc1.Cl. The quantitative estimate of drug-likeness (QED) is 0.833. The first-order valence-corrected chi connectivity index (χ1v) is 6.28. The van der Waals surface area contributed by atoms with Crippen LogP contribution in [0.25, 0.3) is 0 Å². The summed E-state index contributed by atoms with van der Waals surface area (Å²) in [6.45, 7) is 0.916. The highest BCUT2D eigenvalue weighted by atomic mass is 35.5. The van der Waals surface area contributed by atoms with E-state index >= 15 is 0 Å². The molecule has 1 atom stereocenters. The summed E-state index contributed by atoms with van der Waals surface area (Å²) in [5.74, 6) is -0.251. The summed E-state index contributed by atoms with van der Waals surface area (Å²) in [7, 11) is 3.29. The van der Waals surface area contributed by atoms with Gasteiger partial charge in [0.05, 0.1) is 12.5 Å². The summed E-state index contributed by atoms with van der Waals surface area (Å²) in [5, 5.41) is 0. The summed E-state index contributed by atoms with van der Waals surface area (Å²) in [4.78, 5) is 13.5. The predicted molar refractivity (Wildman–Crippen MR) is 79.5 cm³/mol. The molecule has 4 nitrogen and oxygen atoms in total. The van der Waals surface area contributed by atoms with E-state index in [1.807, 2.05) is 0 Å². The summed E-state index contributed by atoms with van der Waals surface area (Å²) in [6.07, 6.45) is 0.746. The van der Waals surface area contributed by atoms with Crippen LogP contribution in [0.2, 0.25) is 0 Å². The maximum atomic E-state index is 12.7. The van der Waals surface area contributed by atoms with Gasteiger partial charge in [-0.15, -0.1) is 12.4 Å². The van der Waals surface area contributed by atoms with Gasteiger partial charge in [-0.25, -0.2) is 4.39 Å². The normalized spacial score (nSPS) is 11.6. The minimum atomic E-state index is -0.251. The molecule has 0 aliphatic heterocycles. The second-order valence-corrected chi connectivity index (χ2v) is 4.49. The Kier molecular flexibility index (Phi) is 9.12. The molecule has 0 aliphatic rings. The second kappa shape index (κ2) is 9.69. The Morgan fingerprint density at radius 1 is 1.40 bits per heavy atom. The summed E-state index contributed by atoms with van der Waals surface area (Å²) in [6, 6.07) is 6.30. The molecule has 0 aromatic heterocycles. The molecule has 1 amide bonds. The molecule has 0 radical (unpaired) electrons. The van der Waals surface area contributed by atoms with Crippen molar-refractivity contribution in [3.63, 3.8) is 0 Å². The molecular weight excluding hydrogens is 283 g/mol. The van der Waals surface area contributed by atoms with Crippen LogP contribution in [0.3, 0.4) is 0 Å². The topological polar surface area (TPSA) is 55.6 Å². The molecule has 0 aliphatic carbocycles. The van der Waals surface area contributed by atoms with Gasteiger partial charge in [0.1, 0.15) is 5.82 Å². The lowest BCUT2D eigenvalue weighted by atomic mass is 10.1. The first kappa shape index (κ1) is 18.8. The van der Waals surface area contributed by atoms with E-state index in [9.17, 15) is 9.18 Å². The third-order valence-electron chi connectivity index (χ3n) is 3.07. The van der Waals surface area contributed by atoms with Gasteiger partial charge < -0.3 is 15.4 Å². The number of hydrogen-bond acceptors (Lipinski definition) is 3. The van der Waals surface area contributed by atoms with Crippen molar-refractivity contribution in [1.82, 2.24) is 4.90 Å². The fourth-order valence-corrected chi connectivity index (χ4v) is 1.69. The van der Waals surface area contributed by atoms with Crippen LogP contribution in [0.15, 0.2) is 24.3 Å². The van der Waals surface area contributed by atoms with Gasteiger partial charge in [-0.1, -0.05) is 12.1 Å². The number of nitrogens with zero attached hydrogens (tertiary/aromatic N) is 1. The highest BCUT2D eigenvalue weighted by molar-refractivity contribution is 5.85. The Balaban J connectivity index is 0.00000361. The van der Waals surface area contributed by atoms with E-state index in [-0.39, 0.29) is 36.7 Å². The van der Waals surface area contributed by atoms with E-state index in [4.69, 9.17) is 10.5 Å². The van der Waals surface area contributed by atoms with Gasteiger partial charge in [0, 0.05) is 27.2 Å². The molecular formula is C14H22ClFN2O2. The molecule has 0 spiro atoms. The Morgan fingerprint density at radius 3 is 2.50 bits per heavy atom. The van der Waals surface area contributed by atoms with Crippen LogP contribution in [0.4, 0.5) is 4.39 Å². The van der Waals surface area contributed by atoms with Gasteiger partial charge in [0.2, 0.25) is 5.91 Å². The lowest BCUT2D eigenvalue weighted by Crippen LogP contribution is -2.34. The summed E-state index contributed by atoms with van der Waals surface area (Å²) >= 11 is 0.